The van der Waals surface area contributed by atoms with E-state index in [0.717, 1.165) is 207 Å². The molecule has 0 spiro atoms. The zero-order chi connectivity index (χ0) is 96.6. The molecule has 11 rings (SSSR count). The van der Waals surface area contributed by atoms with E-state index in [-0.39, 0.29) is 5.41 Å². The topological polar surface area (TPSA) is 345 Å². The Balaban J connectivity index is 0.000000229. The van der Waals surface area contributed by atoms with Crippen LogP contribution in [0.25, 0.3) is 89.0 Å². The van der Waals surface area contributed by atoms with Crippen molar-refractivity contribution < 1.29 is 70.0 Å². The molecule has 0 aromatic heterocycles. The molecule has 0 aliphatic rings. The maximum Gasteiger partial charge on any atom is 0.416 e. The van der Waals surface area contributed by atoms with Crippen molar-refractivity contribution in [3.8, 4) is 158 Å². The van der Waals surface area contributed by atoms with Crippen molar-refractivity contribution in [2.24, 2.45) is 51.6 Å². The third kappa shape index (κ3) is 36.6. The van der Waals surface area contributed by atoms with E-state index in [1.54, 1.807) is 13.0 Å². The third-order valence-electron chi connectivity index (χ3n) is 21.7. The molecular weight excluding hydrogens is 1710 g/mol. The van der Waals surface area contributed by atoms with Crippen LogP contribution in [0.1, 0.15) is 155 Å². The molecule has 18 N–H and O–H groups in total. The zero-order valence-electron chi connectivity index (χ0n) is 80.4. The second kappa shape index (κ2) is 58.0. The Kier molecular flexibility index (Phi) is 46.0. The van der Waals surface area contributed by atoms with Crippen LogP contribution in [-0.4, -0.2) is 138 Å². The van der Waals surface area contributed by atoms with Gasteiger partial charge >= 0.3 is 6.18 Å². The van der Waals surface area contributed by atoms with Crippen molar-refractivity contribution >= 4 is 0 Å². The highest BCUT2D eigenvalue weighted by Gasteiger charge is 2.31. The number of hydrogen-bond acceptors (Lipinski definition) is 21. The normalized spacial score (nSPS) is 11.3. The first-order valence-electron chi connectivity index (χ1n) is 48.0. The maximum atomic E-state index is 14.0. The quantitative estimate of drug-likeness (QED) is 0.0160. The van der Waals surface area contributed by atoms with Gasteiger partial charge in [-0.05, 0) is 376 Å². The number of benzene rings is 11. The lowest BCUT2D eigenvalue weighted by Gasteiger charge is -2.19. The SMILES string of the molecule is CCCCOc1cc(OCCCN)cc(-c2cc(-c3cc(OCCCN)cc(OCCCN)c3)cc(-c3cc(C)cc(C(F)(F)F)c3)c2)c1.CCCCOc1cc(OCCCN)cc(-c2cc(-c3ccc(C(C)(C)C)cc3)cc(-c3cc(OCCCN)cc(OCCCN)c3)c2)c1.CCCCOc1cc(OCCCN)cc(-c2cccc(-c3cc(OCCCN)cc(OCCCN)c3)c2)c1. The first kappa shape index (κ1) is 107. The summed E-state index contributed by atoms with van der Waals surface area (Å²) in [6, 6.07) is 69.5. The third-order valence-corrected chi connectivity index (χ3v) is 21.7. The molecule has 0 aliphatic carbocycles. The molecule has 0 saturated carbocycles. The highest BCUT2D eigenvalue weighted by molar-refractivity contribution is 5.85. The van der Waals surface area contributed by atoms with Crippen LogP contribution in [0.2, 0.25) is 0 Å². The summed E-state index contributed by atoms with van der Waals surface area (Å²) in [5.74, 6) is 8.57. The molecule has 135 heavy (non-hydrogen) atoms. The lowest BCUT2D eigenvalue weighted by atomic mass is 9.86. The van der Waals surface area contributed by atoms with E-state index >= 15 is 0 Å². The molecule has 0 fully saturated rings. The largest absolute Gasteiger partial charge is 0.493 e. The lowest BCUT2D eigenvalue weighted by molar-refractivity contribution is -0.137. The second-order valence-electron chi connectivity index (χ2n) is 34.3. The Bertz CT molecular complexity index is 4920. The van der Waals surface area contributed by atoms with Crippen molar-refractivity contribution in [1.29, 1.82) is 0 Å². The Morgan fingerprint density at radius 1 is 0.200 bits per heavy atom. The summed E-state index contributed by atoms with van der Waals surface area (Å²) in [7, 11) is 0. The van der Waals surface area contributed by atoms with Crippen molar-refractivity contribution in [2.75, 3.05) is 138 Å². The first-order valence-corrected chi connectivity index (χ1v) is 48.0. The Morgan fingerprint density at radius 2 is 0.385 bits per heavy atom. The molecule has 0 aliphatic heterocycles. The molecule has 11 aromatic rings. The molecule has 0 bridgehead atoms. The van der Waals surface area contributed by atoms with E-state index in [2.05, 4.69) is 145 Å². The number of nitrogens with two attached hydrogens (primary N) is 9. The Hall–Kier alpha value is -11.6. The van der Waals surface area contributed by atoms with Gasteiger partial charge in [-0.2, -0.15) is 13.2 Å². The molecule has 11 aromatic carbocycles. The van der Waals surface area contributed by atoms with E-state index in [1.165, 1.54) is 11.6 Å². The van der Waals surface area contributed by atoms with Gasteiger partial charge in [-0.25, -0.2) is 0 Å². The van der Waals surface area contributed by atoms with Gasteiger partial charge in [0.15, 0.2) is 0 Å². The fourth-order valence-electron chi connectivity index (χ4n) is 14.3. The predicted octanol–water partition coefficient (Wildman–Crippen LogP) is 22.1. The number of rotatable bonds is 56. The standard InChI is InChI=1S/C41H55N3O4.C39H48F3N3O4.C31H43N3O4/c1-5-6-17-45-37-24-34(25-38(28-37)46-18-7-14-42)32-21-31(30-10-12-36(13-11-30)41(2,3)4)22-33(23-32)35-26-39(47-19-8-15-43)29-40(27-35)48-20-9-16-44;1-3-4-11-46-35-21-32(22-36(25-35)47-12-5-8-43)30-17-29(28-15-27(2)16-34(20-28)39(40,41)42)18-31(19-30)33-23-37(48-13-6-9-44)26-38(24-33)49-14-7-10-45;1-2-3-13-35-28-18-26(19-29(22-28)36-14-5-10-32)24-8-4-9-25(17-24)27-20-30(37-15-6-11-33)23-31(21-27)38-16-7-12-34/h10-13,21-29H,5-9,14-20,42-44H2,1-4H3;15-26H,3-14,43-45H2,1-2H3;4,8-9,17-23H,2-3,5-7,10-16,32-34H2,1H3. The molecule has 0 amide bonds. The number of aryl methyl sites for hydroxylation is 1. The Morgan fingerprint density at radius 3 is 0.585 bits per heavy atom. The van der Waals surface area contributed by atoms with Crippen LogP contribution in [0.15, 0.2) is 212 Å². The number of alkyl halides is 3. The minimum absolute atomic E-state index is 0.0642. The molecular formula is C111H146F3N9O12. The van der Waals surface area contributed by atoms with Crippen molar-refractivity contribution in [2.45, 2.75) is 156 Å². The molecule has 0 saturated heterocycles. The van der Waals surface area contributed by atoms with Crippen molar-refractivity contribution in [3.05, 3.63) is 229 Å². The number of ether oxygens (including phenoxy) is 12. The molecule has 21 nitrogen and oxygen atoms in total. The average Bonchev–Trinajstić information content (AvgIpc) is 0.785. The zero-order valence-corrected chi connectivity index (χ0v) is 80.4. The van der Waals surface area contributed by atoms with E-state index in [0.29, 0.717) is 197 Å². The van der Waals surface area contributed by atoms with E-state index in [1.807, 2.05) is 91.0 Å². The lowest BCUT2D eigenvalue weighted by Crippen LogP contribution is -2.10. The van der Waals surface area contributed by atoms with Gasteiger partial charge in [-0.1, -0.05) is 109 Å². The highest BCUT2D eigenvalue weighted by Crippen LogP contribution is 2.44. The van der Waals surface area contributed by atoms with Crippen molar-refractivity contribution in [1.82, 2.24) is 0 Å². The van der Waals surface area contributed by atoms with Gasteiger partial charge in [0.25, 0.3) is 0 Å². The summed E-state index contributed by atoms with van der Waals surface area (Å²) in [6.07, 6.45) is 8.22. The van der Waals surface area contributed by atoms with E-state index in [4.69, 9.17) is 108 Å². The summed E-state index contributed by atoms with van der Waals surface area (Å²) >= 11 is 0. The number of unbranched alkanes of at least 4 members (excludes halogenated alkanes) is 3. The average molecular weight is 1860 g/mol. The summed E-state index contributed by atoms with van der Waals surface area (Å²) in [5, 5.41) is 0. The van der Waals surface area contributed by atoms with Gasteiger partial charge in [0.05, 0.1) is 84.8 Å². The minimum Gasteiger partial charge on any atom is -0.493 e. The van der Waals surface area contributed by atoms with Gasteiger partial charge in [0, 0.05) is 36.4 Å². The van der Waals surface area contributed by atoms with Crippen LogP contribution in [0.3, 0.4) is 0 Å². The molecule has 0 unspecified atom stereocenters. The Labute approximate surface area is 798 Å². The first-order chi connectivity index (χ1) is 65.5. The van der Waals surface area contributed by atoms with Gasteiger partial charge in [-0.3, -0.25) is 0 Å². The van der Waals surface area contributed by atoms with E-state index in [9.17, 15) is 13.2 Å². The summed E-state index contributed by atoms with van der Waals surface area (Å²) < 4.78 is 115. The van der Waals surface area contributed by atoms with Gasteiger partial charge in [0.2, 0.25) is 0 Å². The van der Waals surface area contributed by atoms with Gasteiger partial charge in [-0.15, -0.1) is 0 Å². The summed E-state index contributed by atoms with van der Waals surface area (Å²) in [4.78, 5) is 0. The van der Waals surface area contributed by atoms with Gasteiger partial charge in [0.1, 0.15) is 69.0 Å². The monoisotopic (exact) mass is 1850 g/mol. The fourth-order valence-corrected chi connectivity index (χ4v) is 14.3. The van der Waals surface area contributed by atoms with Crippen LogP contribution in [0.4, 0.5) is 13.2 Å². The van der Waals surface area contributed by atoms with Crippen LogP contribution in [0, 0.1) is 6.92 Å². The van der Waals surface area contributed by atoms with Crippen LogP contribution < -0.4 is 108 Å². The number of halogens is 3. The predicted molar refractivity (Wildman–Crippen MR) is 545 cm³/mol. The highest BCUT2D eigenvalue weighted by atomic mass is 19.4. The molecule has 728 valence electrons. The molecule has 24 heteroatoms. The van der Waals surface area contributed by atoms with Crippen LogP contribution >= 0.6 is 0 Å². The smallest absolute Gasteiger partial charge is 0.416 e. The molecule has 0 atom stereocenters. The molecule has 0 heterocycles. The van der Waals surface area contributed by atoms with E-state index < -0.39 is 11.7 Å². The second-order valence-corrected chi connectivity index (χ2v) is 34.3. The number of hydrogen-bond donors (Lipinski definition) is 9. The maximum absolute atomic E-state index is 14.0. The fraction of sp³-hybridized carbons (Fsp3) is 0.405. The van der Waals surface area contributed by atoms with Crippen LogP contribution in [0.5, 0.6) is 69.0 Å². The minimum atomic E-state index is -4.49. The summed E-state index contributed by atoms with van der Waals surface area (Å²) in [5.41, 5.74) is 67.1. The molecule has 0 radical (unpaired) electrons. The van der Waals surface area contributed by atoms with Crippen LogP contribution in [-0.2, 0) is 11.6 Å². The van der Waals surface area contributed by atoms with Crippen molar-refractivity contribution in [3.63, 3.8) is 0 Å². The van der Waals surface area contributed by atoms with Gasteiger partial charge < -0.3 is 108 Å². The summed E-state index contributed by atoms with van der Waals surface area (Å²) in [6.45, 7) is 26.2.